The molecule has 3 aliphatic rings. The van der Waals surface area contributed by atoms with Gasteiger partial charge in [-0.15, -0.1) is 0 Å². The fourth-order valence-electron chi connectivity index (χ4n) is 7.46. The molecule has 7 nitrogen and oxygen atoms in total. The van der Waals surface area contributed by atoms with E-state index in [4.69, 9.17) is 0 Å². The van der Waals surface area contributed by atoms with E-state index in [9.17, 15) is 4.79 Å². The van der Waals surface area contributed by atoms with E-state index in [0.717, 1.165) is 92.9 Å². The van der Waals surface area contributed by atoms with Crippen LogP contribution in [-0.2, 0) is 13.1 Å². The molecule has 2 atom stereocenters. The summed E-state index contributed by atoms with van der Waals surface area (Å²) in [6.07, 6.45) is 13.6. The van der Waals surface area contributed by atoms with Gasteiger partial charge in [0, 0.05) is 85.6 Å². The van der Waals surface area contributed by atoms with Gasteiger partial charge < -0.3 is 14.4 Å². The minimum atomic E-state index is -0.286. The van der Waals surface area contributed by atoms with E-state index < -0.39 is 0 Å². The Kier molecular flexibility index (Phi) is 8.34. The molecule has 45 heavy (non-hydrogen) atoms. The number of benzene rings is 1. The molecule has 3 fully saturated rings. The van der Waals surface area contributed by atoms with Crippen molar-refractivity contribution in [1.29, 1.82) is 0 Å². The van der Waals surface area contributed by atoms with Crippen molar-refractivity contribution >= 4 is 22.3 Å². The molecule has 1 saturated carbocycles. The minimum Gasteiger partial charge on any atom is -0.369 e. The van der Waals surface area contributed by atoms with Crippen molar-refractivity contribution in [3.8, 4) is 0 Å². The van der Waals surface area contributed by atoms with Crippen LogP contribution < -0.4 is 15.2 Å². The second kappa shape index (κ2) is 12.5. The zero-order chi connectivity index (χ0) is 31.1. The fourth-order valence-corrected chi connectivity index (χ4v) is 7.46. The molecule has 236 valence electrons. The maximum Gasteiger partial charge on any atom is 0.193 e. The largest absolute Gasteiger partial charge is 0.369 e. The van der Waals surface area contributed by atoms with Gasteiger partial charge in [-0.1, -0.05) is 0 Å². The lowest BCUT2D eigenvalue weighted by Crippen LogP contribution is -2.48. The molecule has 3 aromatic heterocycles. The molecule has 0 bridgehead atoms. The summed E-state index contributed by atoms with van der Waals surface area (Å²) in [4.78, 5) is 30.3. The van der Waals surface area contributed by atoms with Gasteiger partial charge in [0.15, 0.2) is 5.43 Å². The Bertz CT molecular complexity index is 1730. The van der Waals surface area contributed by atoms with Crippen molar-refractivity contribution in [2.24, 2.45) is 0 Å². The van der Waals surface area contributed by atoms with E-state index in [-0.39, 0.29) is 17.3 Å². The topological polar surface area (TPSA) is 57.5 Å². The van der Waals surface area contributed by atoms with Gasteiger partial charge in [0.2, 0.25) is 0 Å². The van der Waals surface area contributed by atoms with E-state index in [0.29, 0.717) is 29.7 Å². The lowest BCUT2D eigenvalue weighted by Gasteiger charge is -2.40. The van der Waals surface area contributed by atoms with E-state index in [1.165, 1.54) is 18.1 Å². The lowest BCUT2D eigenvalue weighted by molar-refractivity contribution is 0.158. The first-order chi connectivity index (χ1) is 21.8. The van der Waals surface area contributed by atoms with Gasteiger partial charge in [-0.25, -0.2) is 4.39 Å². The summed E-state index contributed by atoms with van der Waals surface area (Å²) in [6.45, 7) is 10.2. The van der Waals surface area contributed by atoms with Gasteiger partial charge in [0.05, 0.1) is 23.1 Å². The molecule has 1 aromatic carbocycles. The van der Waals surface area contributed by atoms with Crippen molar-refractivity contribution in [3.05, 3.63) is 93.5 Å². The summed E-state index contributed by atoms with van der Waals surface area (Å²) in [6, 6.07) is 12.8. The highest BCUT2D eigenvalue weighted by Gasteiger charge is 2.30. The van der Waals surface area contributed by atoms with Gasteiger partial charge in [-0.05, 0) is 108 Å². The number of pyridine rings is 3. The first-order valence-corrected chi connectivity index (χ1v) is 16.8. The molecule has 0 radical (unpaired) electrons. The molecule has 2 saturated heterocycles. The number of halogens is 1. The molecule has 5 heterocycles. The van der Waals surface area contributed by atoms with Gasteiger partial charge in [0.25, 0.3) is 0 Å². The maximum absolute atomic E-state index is 15.8. The molecular formula is C37H45FN6O. The highest BCUT2D eigenvalue weighted by atomic mass is 19.1. The number of fused-ring (bicyclic) bond motifs is 1. The number of aryl methyl sites for hydroxylation is 2. The average molecular weight is 609 g/mol. The molecule has 7 rings (SSSR count). The highest BCUT2D eigenvalue weighted by Crippen LogP contribution is 2.39. The van der Waals surface area contributed by atoms with Crippen LogP contribution in [0.4, 0.5) is 15.8 Å². The Morgan fingerprint density at radius 1 is 0.933 bits per heavy atom. The summed E-state index contributed by atoms with van der Waals surface area (Å²) < 4.78 is 18.1. The summed E-state index contributed by atoms with van der Waals surface area (Å²) in [5.41, 5.74) is 6.52. The molecule has 0 N–H and O–H groups in total. The van der Waals surface area contributed by atoms with Crippen LogP contribution in [-0.4, -0.2) is 51.2 Å². The van der Waals surface area contributed by atoms with Crippen LogP contribution in [0.15, 0.2) is 59.8 Å². The Morgan fingerprint density at radius 3 is 2.56 bits per heavy atom. The average Bonchev–Trinajstić information content (AvgIpc) is 3.88. The Balaban J connectivity index is 1.25. The standard InChI is InChI=1S/C37H45FN6O/c1-25-9-10-31(20-40-25)41-15-6-8-32(24-41)42(21-28-13-14-39-26(2)17-28)22-29-23-44(30-11-12-30)35-19-36(34(38)18-33(35)37(29)45)43-16-5-4-7-27(43)3/h9-10,13-14,17-20,23,27,30,32H,4-8,11-12,15-16,21-22,24H2,1-3H3/t27?,32-/m0/s1. The van der Waals surface area contributed by atoms with Crippen LogP contribution in [0.25, 0.3) is 10.9 Å². The number of hydrogen-bond acceptors (Lipinski definition) is 6. The smallest absolute Gasteiger partial charge is 0.193 e. The second-order valence-electron chi connectivity index (χ2n) is 13.6. The maximum atomic E-state index is 15.8. The van der Waals surface area contributed by atoms with Crippen LogP contribution in [0.3, 0.4) is 0 Å². The summed E-state index contributed by atoms with van der Waals surface area (Å²) >= 11 is 0. The second-order valence-corrected chi connectivity index (χ2v) is 13.6. The Morgan fingerprint density at radius 2 is 1.80 bits per heavy atom. The molecule has 4 aromatic rings. The monoisotopic (exact) mass is 608 g/mol. The predicted molar refractivity (Wildman–Crippen MR) is 180 cm³/mol. The summed E-state index contributed by atoms with van der Waals surface area (Å²) in [7, 11) is 0. The number of aromatic nitrogens is 3. The molecule has 0 spiro atoms. The number of hydrogen-bond donors (Lipinski definition) is 0. The zero-order valence-corrected chi connectivity index (χ0v) is 26.9. The number of anilines is 2. The van der Waals surface area contributed by atoms with Crippen molar-refractivity contribution < 1.29 is 4.39 Å². The van der Waals surface area contributed by atoms with Gasteiger partial charge in [0.1, 0.15) is 5.82 Å². The Labute approximate surface area is 265 Å². The van der Waals surface area contributed by atoms with Gasteiger partial charge in [-0.3, -0.25) is 19.7 Å². The third-order valence-electron chi connectivity index (χ3n) is 10.1. The van der Waals surface area contributed by atoms with E-state index in [1.54, 1.807) is 0 Å². The number of piperidine rings is 2. The first-order valence-electron chi connectivity index (χ1n) is 16.8. The zero-order valence-electron chi connectivity index (χ0n) is 26.9. The highest BCUT2D eigenvalue weighted by molar-refractivity contribution is 5.84. The van der Waals surface area contributed by atoms with Crippen molar-refractivity contribution in [1.82, 2.24) is 19.4 Å². The summed E-state index contributed by atoms with van der Waals surface area (Å²) in [5, 5.41) is 0.501. The Hall–Kier alpha value is -3.78. The third-order valence-corrected chi connectivity index (χ3v) is 10.1. The summed E-state index contributed by atoms with van der Waals surface area (Å²) in [5.74, 6) is -0.286. The molecule has 0 amide bonds. The number of rotatable bonds is 8. The SMILES string of the molecule is Cc1ccc(N2CCC[C@H](N(Cc3ccnc(C)c3)Cc3cn(C4CC4)c4cc(N5CCCCC5C)c(F)cc4c3=O)C2)cn1. The van der Waals surface area contributed by atoms with Crippen LogP contribution in [0, 0.1) is 19.7 Å². The van der Waals surface area contributed by atoms with Crippen LogP contribution in [0.5, 0.6) is 0 Å². The van der Waals surface area contributed by atoms with Gasteiger partial charge in [-0.2, -0.15) is 0 Å². The van der Waals surface area contributed by atoms with Crippen molar-refractivity contribution in [2.75, 3.05) is 29.4 Å². The van der Waals surface area contributed by atoms with Crippen molar-refractivity contribution in [2.45, 2.75) is 96.9 Å². The predicted octanol–water partition coefficient (Wildman–Crippen LogP) is 6.93. The van der Waals surface area contributed by atoms with E-state index in [2.05, 4.69) is 66.6 Å². The lowest BCUT2D eigenvalue weighted by atomic mass is 10.0. The van der Waals surface area contributed by atoms with Crippen LogP contribution in [0.1, 0.15) is 80.4 Å². The molecule has 1 unspecified atom stereocenters. The van der Waals surface area contributed by atoms with Crippen LogP contribution in [0.2, 0.25) is 0 Å². The molecule has 8 heteroatoms. The van der Waals surface area contributed by atoms with E-state index in [1.807, 2.05) is 32.3 Å². The van der Waals surface area contributed by atoms with Crippen LogP contribution >= 0.6 is 0 Å². The minimum absolute atomic E-state index is 0.0506. The molecular weight excluding hydrogens is 563 g/mol. The molecule has 1 aliphatic carbocycles. The quantitative estimate of drug-likeness (QED) is 0.216. The van der Waals surface area contributed by atoms with Crippen molar-refractivity contribution in [3.63, 3.8) is 0 Å². The first kappa shape index (κ1) is 29.9. The van der Waals surface area contributed by atoms with Gasteiger partial charge >= 0.3 is 0 Å². The third kappa shape index (κ3) is 6.35. The fraction of sp³-hybridized carbons (Fsp3) is 0.486. The number of nitrogens with zero attached hydrogens (tertiary/aromatic N) is 6. The molecule has 2 aliphatic heterocycles. The van der Waals surface area contributed by atoms with E-state index >= 15 is 4.39 Å². The normalized spacial score (nSPS) is 20.7.